The molecule has 0 unspecified atom stereocenters. The van der Waals surface area contributed by atoms with Crippen LogP contribution < -0.4 is 10.6 Å². The Morgan fingerprint density at radius 3 is 2.50 bits per heavy atom. The molecule has 22 heavy (non-hydrogen) atoms. The van der Waals surface area contributed by atoms with Crippen LogP contribution in [0.4, 0.5) is 11.4 Å². The van der Waals surface area contributed by atoms with Crippen LogP contribution in [0.3, 0.4) is 0 Å². The maximum Gasteiger partial charge on any atom is 0.274 e. The van der Waals surface area contributed by atoms with Gasteiger partial charge in [0.1, 0.15) is 5.69 Å². The Balaban J connectivity index is 2.05. The summed E-state index contributed by atoms with van der Waals surface area (Å²) in [6.45, 7) is 7.27. The zero-order chi connectivity index (χ0) is 15.9. The van der Waals surface area contributed by atoms with E-state index in [1.54, 1.807) is 12.3 Å². The Hall–Kier alpha value is -2.36. The second-order valence-corrected chi connectivity index (χ2v) is 5.59. The third-order valence-corrected chi connectivity index (χ3v) is 3.41. The fourth-order valence-electron chi connectivity index (χ4n) is 2.08. The molecule has 0 saturated heterocycles. The minimum atomic E-state index is -0.197. The number of benzene rings is 1. The first-order valence-electron chi connectivity index (χ1n) is 7.71. The molecule has 2 rings (SSSR count). The SMILES string of the molecule is CCCNc1ccnc(C(=O)Nc2ccc(C(C)C)cc2)c1. The first-order chi connectivity index (χ1) is 10.6. The van der Waals surface area contributed by atoms with E-state index in [9.17, 15) is 4.79 Å². The van der Waals surface area contributed by atoms with Gasteiger partial charge in [-0.1, -0.05) is 32.9 Å². The molecule has 0 aliphatic rings. The summed E-state index contributed by atoms with van der Waals surface area (Å²) in [5.74, 6) is 0.283. The zero-order valence-electron chi connectivity index (χ0n) is 13.4. The Labute approximate surface area is 132 Å². The smallest absolute Gasteiger partial charge is 0.274 e. The van der Waals surface area contributed by atoms with E-state index in [-0.39, 0.29) is 5.91 Å². The highest BCUT2D eigenvalue weighted by atomic mass is 16.1. The number of aromatic nitrogens is 1. The summed E-state index contributed by atoms with van der Waals surface area (Å²) in [5, 5.41) is 6.13. The van der Waals surface area contributed by atoms with Gasteiger partial charge in [0.2, 0.25) is 0 Å². The summed E-state index contributed by atoms with van der Waals surface area (Å²) in [4.78, 5) is 16.4. The molecule has 0 atom stereocenters. The summed E-state index contributed by atoms with van der Waals surface area (Å²) in [6, 6.07) is 11.6. The van der Waals surface area contributed by atoms with E-state index >= 15 is 0 Å². The maximum absolute atomic E-state index is 12.3. The quantitative estimate of drug-likeness (QED) is 0.836. The van der Waals surface area contributed by atoms with Crippen molar-refractivity contribution in [1.82, 2.24) is 4.98 Å². The van der Waals surface area contributed by atoms with Gasteiger partial charge in [0.15, 0.2) is 0 Å². The molecule has 2 N–H and O–H groups in total. The first kappa shape index (κ1) is 16.0. The van der Waals surface area contributed by atoms with Crippen molar-refractivity contribution in [1.29, 1.82) is 0 Å². The molecule has 0 spiro atoms. The summed E-state index contributed by atoms with van der Waals surface area (Å²) >= 11 is 0. The number of carbonyl (C=O) groups is 1. The summed E-state index contributed by atoms with van der Waals surface area (Å²) < 4.78 is 0. The molecule has 116 valence electrons. The lowest BCUT2D eigenvalue weighted by Gasteiger charge is -2.09. The average Bonchev–Trinajstić information content (AvgIpc) is 2.53. The van der Waals surface area contributed by atoms with Gasteiger partial charge in [0.05, 0.1) is 0 Å². The van der Waals surface area contributed by atoms with Crippen molar-refractivity contribution >= 4 is 17.3 Å². The van der Waals surface area contributed by atoms with Crippen molar-refractivity contribution in [3.63, 3.8) is 0 Å². The van der Waals surface area contributed by atoms with Crippen molar-refractivity contribution in [2.24, 2.45) is 0 Å². The number of anilines is 2. The lowest BCUT2D eigenvalue weighted by Crippen LogP contribution is -2.14. The van der Waals surface area contributed by atoms with E-state index in [2.05, 4.69) is 36.4 Å². The van der Waals surface area contributed by atoms with E-state index in [4.69, 9.17) is 0 Å². The molecule has 1 heterocycles. The van der Waals surface area contributed by atoms with Crippen LogP contribution in [0.1, 0.15) is 49.2 Å². The van der Waals surface area contributed by atoms with Crippen molar-refractivity contribution < 1.29 is 4.79 Å². The van der Waals surface area contributed by atoms with Gasteiger partial charge in [-0.25, -0.2) is 0 Å². The van der Waals surface area contributed by atoms with E-state index in [1.807, 2.05) is 30.3 Å². The predicted octanol–water partition coefficient (Wildman–Crippen LogP) is 4.28. The van der Waals surface area contributed by atoms with Crippen LogP contribution in [0.5, 0.6) is 0 Å². The average molecular weight is 297 g/mol. The molecule has 1 aromatic carbocycles. The standard InChI is InChI=1S/C18H23N3O/c1-4-10-19-16-9-11-20-17(12-16)18(22)21-15-7-5-14(6-8-15)13(2)3/h5-9,11-13H,4,10H2,1-3H3,(H,19,20)(H,21,22). The molecule has 1 aromatic heterocycles. The Kier molecular flexibility index (Phi) is 5.53. The van der Waals surface area contributed by atoms with Crippen LogP contribution in [-0.2, 0) is 0 Å². The Bertz CT molecular complexity index is 620. The molecule has 4 heteroatoms. The minimum Gasteiger partial charge on any atom is -0.385 e. The molecule has 0 aliphatic carbocycles. The summed E-state index contributed by atoms with van der Waals surface area (Å²) in [6.07, 6.45) is 2.68. The van der Waals surface area contributed by atoms with E-state index in [1.165, 1.54) is 5.56 Å². The highest BCUT2D eigenvalue weighted by molar-refractivity contribution is 6.03. The van der Waals surface area contributed by atoms with Gasteiger partial charge in [-0.15, -0.1) is 0 Å². The van der Waals surface area contributed by atoms with E-state index in [0.717, 1.165) is 24.3 Å². The van der Waals surface area contributed by atoms with Crippen molar-refractivity contribution in [2.75, 3.05) is 17.2 Å². The second-order valence-electron chi connectivity index (χ2n) is 5.59. The van der Waals surface area contributed by atoms with Crippen molar-refractivity contribution in [3.05, 3.63) is 53.9 Å². The summed E-state index contributed by atoms with van der Waals surface area (Å²) in [7, 11) is 0. The zero-order valence-corrected chi connectivity index (χ0v) is 13.4. The molecule has 0 saturated carbocycles. The van der Waals surface area contributed by atoms with Crippen LogP contribution in [-0.4, -0.2) is 17.4 Å². The maximum atomic E-state index is 12.3. The molecule has 0 bridgehead atoms. The second kappa shape index (κ2) is 7.59. The van der Waals surface area contributed by atoms with Crippen LogP contribution in [0.2, 0.25) is 0 Å². The molecule has 4 nitrogen and oxygen atoms in total. The monoisotopic (exact) mass is 297 g/mol. The molecule has 0 fully saturated rings. The van der Waals surface area contributed by atoms with Crippen molar-refractivity contribution in [3.8, 4) is 0 Å². The van der Waals surface area contributed by atoms with Gasteiger partial charge in [-0.05, 0) is 42.2 Å². The van der Waals surface area contributed by atoms with Gasteiger partial charge in [-0.2, -0.15) is 0 Å². The molecule has 2 aromatic rings. The number of hydrogen-bond acceptors (Lipinski definition) is 3. The van der Waals surface area contributed by atoms with Crippen LogP contribution >= 0.6 is 0 Å². The molecular weight excluding hydrogens is 274 g/mol. The molecule has 0 aliphatic heterocycles. The predicted molar refractivity (Wildman–Crippen MR) is 91.5 cm³/mol. The lowest BCUT2D eigenvalue weighted by atomic mass is 10.0. The highest BCUT2D eigenvalue weighted by Gasteiger charge is 2.08. The van der Waals surface area contributed by atoms with Crippen LogP contribution in [0, 0.1) is 0 Å². The Morgan fingerprint density at radius 1 is 1.14 bits per heavy atom. The van der Waals surface area contributed by atoms with Gasteiger partial charge in [0, 0.05) is 24.1 Å². The molecular formula is C18H23N3O. The topological polar surface area (TPSA) is 54.0 Å². The number of nitrogens with one attached hydrogen (secondary N) is 2. The van der Waals surface area contributed by atoms with E-state index in [0.29, 0.717) is 11.6 Å². The number of nitrogens with zero attached hydrogens (tertiary/aromatic N) is 1. The van der Waals surface area contributed by atoms with Crippen molar-refractivity contribution in [2.45, 2.75) is 33.1 Å². The first-order valence-corrected chi connectivity index (χ1v) is 7.71. The number of amides is 1. The highest BCUT2D eigenvalue weighted by Crippen LogP contribution is 2.18. The largest absolute Gasteiger partial charge is 0.385 e. The third kappa shape index (κ3) is 4.32. The van der Waals surface area contributed by atoms with Gasteiger partial charge in [0.25, 0.3) is 5.91 Å². The minimum absolute atomic E-state index is 0.197. The number of carbonyl (C=O) groups excluding carboxylic acids is 1. The van der Waals surface area contributed by atoms with Gasteiger partial charge < -0.3 is 10.6 Å². The van der Waals surface area contributed by atoms with Crippen LogP contribution in [0.15, 0.2) is 42.6 Å². The number of hydrogen-bond donors (Lipinski definition) is 2. The summed E-state index contributed by atoms with van der Waals surface area (Å²) in [5.41, 5.74) is 3.36. The van der Waals surface area contributed by atoms with Gasteiger partial charge in [-0.3, -0.25) is 9.78 Å². The van der Waals surface area contributed by atoms with Crippen LogP contribution in [0.25, 0.3) is 0 Å². The molecule has 0 radical (unpaired) electrons. The normalized spacial score (nSPS) is 10.5. The Morgan fingerprint density at radius 2 is 1.86 bits per heavy atom. The number of pyridine rings is 1. The molecule has 1 amide bonds. The number of rotatable bonds is 6. The third-order valence-electron chi connectivity index (χ3n) is 3.41. The fourth-order valence-corrected chi connectivity index (χ4v) is 2.08. The lowest BCUT2D eigenvalue weighted by molar-refractivity contribution is 0.102. The van der Waals surface area contributed by atoms with E-state index < -0.39 is 0 Å². The fraction of sp³-hybridized carbons (Fsp3) is 0.333. The van der Waals surface area contributed by atoms with Gasteiger partial charge >= 0.3 is 0 Å².